The number of sulfonamides is 1. The predicted molar refractivity (Wildman–Crippen MR) is 81.1 cm³/mol. The molecule has 112 valence electrons. The molecular weight excluding hydrogens is 274 g/mol. The van der Waals surface area contributed by atoms with E-state index in [0.717, 1.165) is 25.2 Å². The Balaban J connectivity index is 2.08. The number of benzene rings is 1. The SMILES string of the molecule is Cc1ccc(S(=O)(=O)N(C)CCN2CCCC2)c(N)c1. The van der Waals surface area contributed by atoms with Crippen LogP contribution in [0, 0.1) is 6.92 Å². The van der Waals surface area contributed by atoms with Crippen LogP contribution in [-0.4, -0.2) is 50.8 Å². The van der Waals surface area contributed by atoms with E-state index in [2.05, 4.69) is 4.90 Å². The van der Waals surface area contributed by atoms with E-state index in [-0.39, 0.29) is 4.90 Å². The summed E-state index contributed by atoms with van der Waals surface area (Å²) in [6, 6.07) is 5.06. The van der Waals surface area contributed by atoms with Gasteiger partial charge in [-0.25, -0.2) is 8.42 Å². The number of aryl methyl sites for hydroxylation is 1. The highest BCUT2D eigenvalue weighted by atomic mass is 32.2. The number of hydrogen-bond donors (Lipinski definition) is 1. The van der Waals surface area contributed by atoms with Crippen molar-refractivity contribution in [2.24, 2.45) is 0 Å². The second-order valence-electron chi connectivity index (χ2n) is 5.42. The minimum atomic E-state index is -3.50. The molecule has 0 bridgehead atoms. The van der Waals surface area contributed by atoms with E-state index in [0.29, 0.717) is 12.2 Å². The van der Waals surface area contributed by atoms with Gasteiger partial charge in [0.2, 0.25) is 10.0 Å². The lowest BCUT2D eigenvalue weighted by atomic mass is 10.2. The second-order valence-corrected chi connectivity index (χ2v) is 7.43. The van der Waals surface area contributed by atoms with Crippen LogP contribution in [0.2, 0.25) is 0 Å². The molecule has 0 radical (unpaired) electrons. The van der Waals surface area contributed by atoms with Gasteiger partial charge in [0.25, 0.3) is 0 Å². The summed E-state index contributed by atoms with van der Waals surface area (Å²) >= 11 is 0. The standard InChI is InChI=1S/C14H23N3O2S/c1-12-5-6-14(13(15)11-12)20(18,19)16(2)9-10-17-7-3-4-8-17/h5-6,11H,3-4,7-10,15H2,1-2H3. The molecule has 0 unspecified atom stereocenters. The largest absolute Gasteiger partial charge is 0.398 e. The van der Waals surface area contributed by atoms with E-state index in [9.17, 15) is 8.42 Å². The molecule has 1 aliphatic rings. The van der Waals surface area contributed by atoms with Crippen LogP contribution in [-0.2, 0) is 10.0 Å². The van der Waals surface area contributed by atoms with Crippen LogP contribution in [0.1, 0.15) is 18.4 Å². The molecule has 0 atom stereocenters. The molecule has 0 aromatic heterocycles. The molecule has 1 aliphatic heterocycles. The number of nitrogens with two attached hydrogens (primary N) is 1. The van der Waals surface area contributed by atoms with Crippen molar-refractivity contribution in [2.45, 2.75) is 24.7 Å². The highest BCUT2D eigenvalue weighted by Crippen LogP contribution is 2.22. The van der Waals surface area contributed by atoms with Crippen LogP contribution in [0.5, 0.6) is 0 Å². The maximum absolute atomic E-state index is 12.5. The fraction of sp³-hybridized carbons (Fsp3) is 0.571. The fourth-order valence-electron chi connectivity index (χ4n) is 2.48. The number of hydrogen-bond acceptors (Lipinski definition) is 4. The first-order valence-electron chi connectivity index (χ1n) is 6.96. The average molecular weight is 297 g/mol. The Labute approximate surface area is 121 Å². The molecule has 5 nitrogen and oxygen atoms in total. The topological polar surface area (TPSA) is 66.6 Å². The van der Waals surface area contributed by atoms with Crippen molar-refractivity contribution >= 4 is 15.7 Å². The quantitative estimate of drug-likeness (QED) is 0.832. The minimum Gasteiger partial charge on any atom is -0.398 e. The van der Waals surface area contributed by atoms with Crippen molar-refractivity contribution < 1.29 is 8.42 Å². The maximum atomic E-state index is 12.5. The Morgan fingerprint density at radius 3 is 2.55 bits per heavy atom. The number of rotatable bonds is 5. The van der Waals surface area contributed by atoms with Crippen molar-refractivity contribution in [3.63, 3.8) is 0 Å². The van der Waals surface area contributed by atoms with Crippen LogP contribution in [0.25, 0.3) is 0 Å². The Morgan fingerprint density at radius 1 is 1.30 bits per heavy atom. The molecule has 0 spiro atoms. The Bertz CT molecular complexity index is 566. The highest BCUT2D eigenvalue weighted by molar-refractivity contribution is 7.89. The molecule has 1 aromatic rings. The molecule has 2 N–H and O–H groups in total. The Morgan fingerprint density at radius 2 is 1.95 bits per heavy atom. The first-order valence-corrected chi connectivity index (χ1v) is 8.40. The van der Waals surface area contributed by atoms with Crippen molar-refractivity contribution in [2.75, 3.05) is 39.0 Å². The van der Waals surface area contributed by atoms with Gasteiger partial charge in [0.1, 0.15) is 4.90 Å². The third kappa shape index (κ3) is 3.31. The minimum absolute atomic E-state index is 0.201. The molecule has 1 fully saturated rings. The molecular formula is C14H23N3O2S. The van der Waals surface area contributed by atoms with E-state index in [1.807, 2.05) is 6.92 Å². The Kier molecular flexibility index (Phi) is 4.67. The summed E-state index contributed by atoms with van der Waals surface area (Å²) in [5.74, 6) is 0. The third-order valence-electron chi connectivity index (χ3n) is 3.78. The van der Waals surface area contributed by atoms with Gasteiger partial charge in [-0.3, -0.25) is 0 Å². The summed E-state index contributed by atoms with van der Waals surface area (Å²) in [5, 5.41) is 0. The summed E-state index contributed by atoms with van der Waals surface area (Å²) in [6.45, 7) is 5.31. The van der Waals surface area contributed by atoms with Gasteiger partial charge >= 0.3 is 0 Å². The smallest absolute Gasteiger partial charge is 0.244 e. The van der Waals surface area contributed by atoms with E-state index in [4.69, 9.17) is 5.73 Å². The summed E-state index contributed by atoms with van der Waals surface area (Å²) in [5.41, 5.74) is 7.12. The van der Waals surface area contributed by atoms with Gasteiger partial charge in [-0.2, -0.15) is 4.31 Å². The number of nitrogen functional groups attached to an aromatic ring is 1. The lowest BCUT2D eigenvalue weighted by molar-refractivity contribution is 0.310. The van der Waals surface area contributed by atoms with Crippen LogP contribution < -0.4 is 5.73 Å². The van der Waals surface area contributed by atoms with Crippen molar-refractivity contribution in [3.05, 3.63) is 23.8 Å². The molecule has 0 aliphatic carbocycles. The first kappa shape index (κ1) is 15.3. The van der Waals surface area contributed by atoms with Crippen molar-refractivity contribution in [1.29, 1.82) is 0 Å². The van der Waals surface area contributed by atoms with Crippen LogP contribution in [0.15, 0.2) is 23.1 Å². The zero-order valence-electron chi connectivity index (χ0n) is 12.2. The van der Waals surface area contributed by atoms with E-state index in [1.165, 1.54) is 17.1 Å². The van der Waals surface area contributed by atoms with Gasteiger partial charge in [0, 0.05) is 20.1 Å². The van der Waals surface area contributed by atoms with Gasteiger partial charge in [-0.15, -0.1) is 0 Å². The number of nitrogens with zero attached hydrogens (tertiary/aromatic N) is 2. The zero-order chi connectivity index (χ0) is 14.8. The lowest BCUT2D eigenvalue weighted by Crippen LogP contribution is -2.35. The monoisotopic (exact) mass is 297 g/mol. The summed E-state index contributed by atoms with van der Waals surface area (Å²) in [7, 11) is -1.88. The average Bonchev–Trinajstić information content (AvgIpc) is 2.88. The summed E-state index contributed by atoms with van der Waals surface area (Å²) in [4.78, 5) is 2.50. The predicted octanol–water partition coefficient (Wildman–Crippen LogP) is 1.29. The van der Waals surface area contributed by atoms with E-state index < -0.39 is 10.0 Å². The number of anilines is 1. The second kappa shape index (κ2) is 6.11. The summed E-state index contributed by atoms with van der Waals surface area (Å²) in [6.07, 6.45) is 2.42. The van der Waals surface area contributed by atoms with Gasteiger partial charge < -0.3 is 10.6 Å². The molecule has 2 rings (SSSR count). The zero-order valence-corrected chi connectivity index (χ0v) is 13.0. The maximum Gasteiger partial charge on any atom is 0.244 e. The molecule has 1 saturated heterocycles. The highest BCUT2D eigenvalue weighted by Gasteiger charge is 2.24. The van der Waals surface area contributed by atoms with Gasteiger partial charge in [-0.1, -0.05) is 6.07 Å². The molecule has 20 heavy (non-hydrogen) atoms. The molecule has 1 aromatic carbocycles. The fourth-order valence-corrected chi connectivity index (χ4v) is 3.73. The molecule has 1 heterocycles. The van der Waals surface area contributed by atoms with E-state index in [1.54, 1.807) is 25.2 Å². The molecule has 0 amide bonds. The van der Waals surface area contributed by atoms with Gasteiger partial charge in [0.15, 0.2) is 0 Å². The normalized spacial score (nSPS) is 16.9. The Hall–Kier alpha value is -1.11. The first-order chi connectivity index (χ1) is 9.41. The van der Waals surface area contributed by atoms with Crippen molar-refractivity contribution in [3.8, 4) is 0 Å². The van der Waals surface area contributed by atoms with Crippen LogP contribution in [0.3, 0.4) is 0 Å². The summed E-state index contributed by atoms with van der Waals surface area (Å²) < 4.78 is 26.4. The van der Waals surface area contributed by atoms with Crippen LogP contribution in [0.4, 0.5) is 5.69 Å². The number of likely N-dealkylation sites (tertiary alicyclic amines) is 1. The lowest BCUT2D eigenvalue weighted by Gasteiger charge is -2.22. The number of likely N-dealkylation sites (N-methyl/N-ethyl adjacent to an activating group) is 1. The van der Waals surface area contributed by atoms with Gasteiger partial charge in [0.05, 0.1) is 5.69 Å². The van der Waals surface area contributed by atoms with Crippen molar-refractivity contribution in [1.82, 2.24) is 9.21 Å². The third-order valence-corrected chi connectivity index (χ3v) is 5.71. The van der Waals surface area contributed by atoms with Crippen LogP contribution >= 0.6 is 0 Å². The van der Waals surface area contributed by atoms with E-state index >= 15 is 0 Å². The molecule has 6 heteroatoms. The molecule has 0 saturated carbocycles. The van der Waals surface area contributed by atoms with Gasteiger partial charge in [-0.05, 0) is 50.6 Å².